The van der Waals surface area contributed by atoms with Gasteiger partial charge >= 0.3 is 5.97 Å². The Bertz CT molecular complexity index is 865. The van der Waals surface area contributed by atoms with Crippen LogP contribution in [-0.2, 0) is 14.3 Å². The van der Waals surface area contributed by atoms with Crippen LogP contribution in [0.5, 0.6) is 0 Å². The Morgan fingerprint density at radius 1 is 1.00 bits per heavy atom. The number of rotatable bonds is 7. The summed E-state index contributed by atoms with van der Waals surface area (Å²) in [5.74, 6) is -1.15. The lowest BCUT2D eigenvalue weighted by molar-refractivity contribution is -0.152. The summed E-state index contributed by atoms with van der Waals surface area (Å²) in [6, 6.07) is 17.3. The van der Waals surface area contributed by atoms with Crippen molar-refractivity contribution in [2.24, 2.45) is 0 Å². The van der Waals surface area contributed by atoms with Gasteiger partial charge in [0.25, 0.3) is 11.8 Å². The Balaban J connectivity index is 1.44. The first kappa shape index (κ1) is 21.6. The second-order valence-electron chi connectivity index (χ2n) is 7.43. The maximum absolute atomic E-state index is 12.3. The topological polar surface area (TPSA) is 75.7 Å². The maximum atomic E-state index is 12.3. The molecule has 0 unspecified atom stereocenters. The third-order valence-corrected chi connectivity index (χ3v) is 5.42. The van der Waals surface area contributed by atoms with Crippen molar-refractivity contribution in [3.8, 4) is 11.1 Å². The summed E-state index contributed by atoms with van der Waals surface area (Å²) >= 11 is 0. The average Bonchev–Trinajstić information content (AvgIpc) is 2.81. The number of ether oxygens (including phenoxy) is 1. The smallest absolute Gasteiger partial charge is 0.325 e. The van der Waals surface area contributed by atoms with Gasteiger partial charge < -0.3 is 15.0 Å². The molecule has 30 heavy (non-hydrogen) atoms. The second kappa shape index (κ2) is 10.6. The summed E-state index contributed by atoms with van der Waals surface area (Å²) in [4.78, 5) is 38.4. The number of carbonyl (C=O) groups is 3. The molecule has 3 rings (SSSR count). The van der Waals surface area contributed by atoms with Gasteiger partial charge in [-0.1, -0.05) is 49.4 Å². The minimum atomic E-state index is -0.623. The number of piperidine rings is 1. The minimum absolute atomic E-state index is 0.169. The summed E-state index contributed by atoms with van der Waals surface area (Å²) in [7, 11) is 0. The van der Waals surface area contributed by atoms with E-state index in [1.807, 2.05) is 47.4 Å². The molecule has 6 nitrogen and oxygen atoms in total. The molecule has 2 amide bonds. The van der Waals surface area contributed by atoms with Gasteiger partial charge in [-0.2, -0.15) is 0 Å². The Hall–Kier alpha value is -3.15. The van der Waals surface area contributed by atoms with E-state index in [1.54, 1.807) is 12.1 Å². The first-order valence-electron chi connectivity index (χ1n) is 10.5. The van der Waals surface area contributed by atoms with Crippen LogP contribution < -0.4 is 5.32 Å². The van der Waals surface area contributed by atoms with E-state index < -0.39 is 5.97 Å². The molecule has 1 aliphatic rings. The minimum Gasteiger partial charge on any atom is -0.454 e. The van der Waals surface area contributed by atoms with Crippen molar-refractivity contribution < 1.29 is 19.1 Å². The van der Waals surface area contributed by atoms with E-state index in [4.69, 9.17) is 4.74 Å². The lowest BCUT2D eigenvalue weighted by Gasteiger charge is -2.35. The van der Waals surface area contributed by atoms with Gasteiger partial charge in [-0.05, 0) is 48.9 Å². The van der Waals surface area contributed by atoms with Gasteiger partial charge in [0, 0.05) is 18.2 Å². The molecule has 2 aromatic carbocycles. The highest BCUT2D eigenvalue weighted by atomic mass is 16.5. The predicted molar refractivity (Wildman–Crippen MR) is 115 cm³/mol. The van der Waals surface area contributed by atoms with Gasteiger partial charge in [0.15, 0.2) is 6.61 Å². The van der Waals surface area contributed by atoms with Gasteiger partial charge in [0.1, 0.15) is 6.54 Å². The molecular weight excluding hydrogens is 380 g/mol. The van der Waals surface area contributed by atoms with Crippen LogP contribution in [0.3, 0.4) is 0 Å². The van der Waals surface area contributed by atoms with Gasteiger partial charge in [0.05, 0.1) is 0 Å². The van der Waals surface area contributed by atoms with Crippen LogP contribution in [0.1, 0.15) is 43.0 Å². The summed E-state index contributed by atoms with van der Waals surface area (Å²) in [6.07, 6.45) is 4.00. The summed E-state index contributed by atoms with van der Waals surface area (Å²) in [5, 5.41) is 2.54. The first-order chi connectivity index (χ1) is 14.6. The van der Waals surface area contributed by atoms with Crippen molar-refractivity contribution in [1.29, 1.82) is 0 Å². The zero-order valence-corrected chi connectivity index (χ0v) is 17.3. The molecule has 1 N–H and O–H groups in total. The fourth-order valence-corrected chi connectivity index (χ4v) is 3.73. The van der Waals surface area contributed by atoms with Crippen molar-refractivity contribution in [2.75, 3.05) is 19.7 Å². The molecule has 1 fully saturated rings. The van der Waals surface area contributed by atoms with Gasteiger partial charge in [-0.15, -0.1) is 0 Å². The molecule has 0 aliphatic carbocycles. The van der Waals surface area contributed by atoms with Crippen molar-refractivity contribution in [3.63, 3.8) is 0 Å². The van der Waals surface area contributed by atoms with Crippen LogP contribution in [0.25, 0.3) is 11.1 Å². The van der Waals surface area contributed by atoms with E-state index in [-0.39, 0.29) is 31.0 Å². The number of esters is 1. The molecule has 1 heterocycles. The predicted octanol–water partition coefficient (Wildman–Crippen LogP) is 3.42. The maximum Gasteiger partial charge on any atom is 0.325 e. The zero-order valence-electron chi connectivity index (χ0n) is 17.3. The number of hydrogen-bond acceptors (Lipinski definition) is 4. The van der Waals surface area contributed by atoms with Crippen molar-refractivity contribution >= 4 is 17.8 Å². The largest absolute Gasteiger partial charge is 0.454 e. The number of nitrogens with one attached hydrogen (secondary N) is 1. The third-order valence-electron chi connectivity index (χ3n) is 5.42. The van der Waals surface area contributed by atoms with E-state index in [0.717, 1.165) is 36.8 Å². The van der Waals surface area contributed by atoms with Gasteiger partial charge in [0.2, 0.25) is 0 Å². The molecule has 2 aromatic rings. The number of carbonyl (C=O) groups excluding carboxylic acids is 3. The van der Waals surface area contributed by atoms with Crippen molar-refractivity contribution in [1.82, 2.24) is 10.2 Å². The zero-order chi connectivity index (χ0) is 21.3. The number of hydrogen-bond donors (Lipinski definition) is 1. The molecule has 0 saturated carbocycles. The van der Waals surface area contributed by atoms with E-state index >= 15 is 0 Å². The molecule has 6 heteroatoms. The van der Waals surface area contributed by atoms with Crippen LogP contribution in [0.4, 0.5) is 0 Å². The molecule has 0 spiro atoms. The van der Waals surface area contributed by atoms with E-state index in [9.17, 15) is 14.4 Å². The van der Waals surface area contributed by atoms with E-state index in [1.165, 1.54) is 0 Å². The lowest BCUT2D eigenvalue weighted by Crippen LogP contribution is -2.45. The Morgan fingerprint density at radius 3 is 2.40 bits per heavy atom. The number of amides is 2. The Morgan fingerprint density at radius 2 is 1.70 bits per heavy atom. The molecule has 0 radical (unpaired) electrons. The van der Waals surface area contributed by atoms with Crippen LogP contribution in [-0.4, -0.2) is 48.4 Å². The van der Waals surface area contributed by atoms with Crippen LogP contribution in [0.15, 0.2) is 54.6 Å². The van der Waals surface area contributed by atoms with Crippen molar-refractivity contribution in [3.05, 3.63) is 60.2 Å². The normalized spacial score (nSPS) is 16.0. The lowest BCUT2D eigenvalue weighted by atomic mass is 10.00. The van der Waals surface area contributed by atoms with Crippen LogP contribution in [0.2, 0.25) is 0 Å². The SMILES string of the molecule is CC[C@H]1CCCCN1C(=O)COC(=O)CNC(=O)c1ccc(-c2ccccc2)cc1. The standard InChI is InChI=1S/C24H28N2O4/c1-2-21-10-6-7-15-26(21)22(27)17-30-23(28)16-25-24(29)20-13-11-19(12-14-20)18-8-4-3-5-9-18/h3-5,8-9,11-14,21H,2,6-7,10,15-17H2,1H3,(H,25,29)/t21-/m0/s1. The van der Waals surface area contributed by atoms with Gasteiger partial charge in [-0.25, -0.2) is 0 Å². The van der Waals surface area contributed by atoms with Crippen LogP contribution in [0, 0.1) is 0 Å². The number of benzene rings is 2. The fraction of sp³-hybridized carbons (Fsp3) is 0.375. The molecule has 1 aliphatic heterocycles. The molecule has 1 atom stereocenters. The first-order valence-corrected chi connectivity index (χ1v) is 10.5. The van der Waals surface area contributed by atoms with E-state index in [0.29, 0.717) is 12.1 Å². The summed E-state index contributed by atoms with van der Waals surface area (Å²) in [6.45, 7) is 2.22. The summed E-state index contributed by atoms with van der Waals surface area (Å²) in [5.41, 5.74) is 2.53. The van der Waals surface area contributed by atoms with Gasteiger partial charge in [-0.3, -0.25) is 14.4 Å². The van der Waals surface area contributed by atoms with E-state index in [2.05, 4.69) is 12.2 Å². The fourth-order valence-electron chi connectivity index (χ4n) is 3.73. The Kier molecular flexibility index (Phi) is 7.60. The molecule has 0 bridgehead atoms. The summed E-state index contributed by atoms with van der Waals surface area (Å²) < 4.78 is 5.07. The molecule has 158 valence electrons. The quantitative estimate of drug-likeness (QED) is 0.713. The molecular formula is C24H28N2O4. The molecule has 0 aromatic heterocycles. The monoisotopic (exact) mass is 408 g/mol. The second-order valence-corrected chi connectivity index (χ2v) is 7.43. The highest BCUT2D eigenvalue weighted by Crippen LogP contribution is 2.20. The highest BCUT2D eigenvalue weighted by Gasteiger charge is 2.25. The average molecular weight is 408 g/mol. The molecule has 1 saturated heterocycles. The van der Waals surface area contributed by atoms with Crippen molar-refractivity contribution in [2.45, 2.75) is 38.6 Å². The van der Waals surface area contributed by atoms with Crippen LogP contribution >= 0.6 is 0 Å². The highest BCUT2D eigenvalue weighted by molar-refractivity contribution is 5.96. The third kappa shape index (κ3) is 5.69. The number of likely N-dealkylation sites (tertiary alicyclic amines) is 1. The Labute approximate surface area is 177 Å². The number of nitrogens with zero attached hydrogens (tertiary/aromatic N) is 1.